The molecule has 0 N–H and O–H groups in total. The number of hydrazone groups is 1. The van der Waals surface area contributed by atoms with Gasteiger partial charge in [-0.2, -0.15) is 5.10 Å². The summed E-state index contributed by atoms with van der Waals surface area (Å²) < 4.78 is 0. The van der Waals surface area contributed by atoms with E-state index >= 15 is 0 Å². The molecule has 1 unspecified atom stereocenters. The third kappa shape index (κ3) is 1.35. The molecule has 1 heterocycles. The summed E-state index contributed by atoms with van der Waals surface area (Å²) in [5.74, 6) is 0. The van der Waals surface area contributed by atoms with Crippen LogP contribution >= 0.6 is 0 Å². The lowest BCUT2D eigenvalue weighted by Crippen LogP contribution is -2.30. The second kappa shape index (κ2) is 2.40. The number of nitrogens with zero attached hydrogens (tertiary/aromatic N) is 3. The maximum Gasteiger partial charge on any atom is 0.107 e. The van der Waals surface area contributed by atoms with Gasteiger partial charge in [-0.25, -0.2) is 0 Å². The minimum absolute atomic E-state index is 0.0630. The molecule has 1 rings (SSSR count). The number of hydrogen-bond acceptors (Lipinski definition) is 3. The predicted molar refractivity (Wildman–Crippen MR) is 43.4 cm³/mol. The van der Waals surface area contributed by atoms with Gasteiger partial charge < -0.3 is 0 Å². The monoisotopic (exact) mass is 139 g/mol. The average Bonchev–Trinajstić information content (AvgIpc) is 1.96. The van der Waals surface area contributed by atoms with E-state index in [1.807, 2.05) is 13.3 Å². The molecule has 0 amide bonds. The zero-order valence-electron chi connectivity index (χ0n) is 6.70. The van der Waals surface area contributed by atoms with Crippen molar-refractivity contribution >= 4 is 12.6 Å². The molecular weight excluding hydrogens is 126 g/mol. The van der Waals surface area contributed by atoms with Crippen LogP contribution in [0.5, 0.6) is 0 Å². The Balaban J connectivity index is 2.69. The molecule has 3 nitrogen and oxygen atoms in total. The Hall–Kier alpha value is -0.860. The lowest BCUT2D eigenvalue weighted by molar-refractivity contribution is 0.502. The molecule has 0 aliphatic carbocycles. The Bertz CT molecular complexity index is 158. The van der Waals surface area contributed by atoms with Crippen LogP contribution in [-0.4, -0.2) is 30.1 Å². The first-order valence-corrected chi connectivity index (χ1v) is 3.49. The van der Waals surface area contributed by atoms with Crippen LogP contribution in [0, 0.1) is 0 Å². The third-order valence-corrected chi connectivity index (χ3v) is 1.75. The summed E-state index contributed by atoms with van der Waals surface area (Å²) in [6.07, 6.45) is 4.64. The highest BCUT2D eigenvalue weighted by molar-refractivity contribution is 5.76. The van der Waals surface area contributed by atoms with Gasteiger partial charge >= 0.3 is 0 Å². The van der Waals surface area contributed by atoms with Gasteiger partial charge in [0, 0.05) is 7.05 Å². The van der Waals surface area contributed by atoms with Crippen molar-refractivity contribution in [2.45, 2.75) is 25.8 Å². The number of hydrogen-bond donors (Lipinski definition) is 0. The molecule has 3 heteroatoms. The molecule has 0 aromatic carbocycles. The van der Waals surface area contributed by atoms with Gasteiger partial charge in [-0.1, -0.05) is 6.92 Å². The van der Waals surface area contributed by atoms with Crippen LogP contribution in [0.1, 0.15) is 20.3 Å². The molecule has 10 heavy (non-hydrogen) atoms. The van der Waals surface area contributed by atoms with Crippen LogP contribution in [0.4, 0.5) is 0 Å². The minimum atomic E-state index is -0.0630. The Morgan fingerprint density at radius 1 is 1.60 bits per heavy atom. The van der Waals surface area contributed by atoms with Gasteiger partial charge in [-0.05, 0) is 13.3 Å². The normalized spacial score (nSPS) is 31.3. The second-order valence-electron chi connectivity index (χ2n) is 2.77. The fraction of sp³-hybridized carbons (Fsp3) is 0.714. The van der Waals surface area contributed by atoms with Crippen LogP contribution in [0.25, 0.3) is 0 Å². The quantitative estimate of drug-likeness (QED) is 0.535. The first kappa shape index (κ1) is 7.25. The van der Waals surface area contributed by atoms with Crippen molar-refractivity contribution in [3.05, 3.63) is 0 Å². The van der Waals surface area contributed by atoms with Crippen molar-refractivity contribution in [2.75, 3.05) is 7.05 Å². The van der Waals surface area contributed by atoms with Gasteiger partial charge in [0.15, 0.2) is 0 Å². The van der Waals surface area contributed by atoms with E-state index < -0.39 is 0 Å². The zero-order valence-corrected chi connectivity index (χ0v) is 6.70. The maximum absolute atomic E-state index is 4.31. The lowest BCUT2D eigenvalue weighted by atomic mass is 10.0. The van der Waals surface area contributed by atoms with E-state index in [2.05, 4.69) is 23.9 Å². The van der Waals surface area contributed by atoms with Gasteiger partial charge in [0.25, 0.3) is 0 Å². The van der Waals surface area contributed by atoms with Crippen molar-refractivity contribution in [3.63, 3.8) is 0 Å². The molecule has 0 radical (unpaired) electrons. The summed E-state index contributed by atoms with van der Waals surface area (Å²) in [7, 11) is 1.87. The fourth-order valence-electron chi connectivity index (χ4n) is 0.677. The van der Waals surface area contributed by atoms with E-state index in [0.29, 0.717) is 0 Å². The first-order chi connectivity index (χ1) is 4.66. The van der Waals surface area contributed by atoms with Crippen LogP contribution in [-0.2, 0) is 0 Å². The van der Waals surface area contributed by atoms with Gasteiger partial charge in [0.2, 0.25) is 0 Å². The topological polar surface area (TPSA) is 28.0 Å². The largest absolute Gasteiger partial charge is 0.262 e. The van der Waals surface area contributed by atoms with Crippen LogP contribution in [0.15, 0.2) is 10.1 Å². The lowest BCUT2D eigenvalue weighted by Gasteiger charge is -2.23. The molecular formula is C7H13N3. The summed E-state index contributed by atoms with van der Waals surface area (Å²) in [6, 6.07) is 0. The van der Waals surface area contributed by atoms with Gasteiger partial charge in [0.05, 0.1) is 11.8 Å². The Morgan fingerprint density at radius 2 is 2.30 bits per heavy atom. The van der Waals surface area contributed by atoms with Gasteiger partial charge in [-0.15, -0.1) is 0 Å². The summed E-state index contributed by atoms with van der Waals surface area (Å²) >= 11 is 0. The summed E-state index contributed by atoms with van der Waals surface area (Å²) in [5.41, 5.74) is -0.0630. The first-order valence-electron chi connectivity index (χ1n) is 3.49. The van der Waals surface area contributed by atoms with Crippen LogP contribution in [0.2, 0.25) is 0 Å². The third-order valence-electron chi connectivity index (χ3n) is 1.75. The van der Waals surface area contributed by atoms with Crippen molar-refractivity contribution in [2.24, 2.45) is 10.1 Å². The van der Waals surface area contributed by atoms with E-state index in [1.54, 1.807) is 11.3 Å². The number of aliphatic imine (C=N–C) groups is 1. The second-order valence-corrected chi connectivity index (χ2v) is 2.77. The van der Waals surface area contributed by atoms with E-state index in [1.165, 1.54) is 0 Å². The molecule has 0 fully saturated rings. The molecule has 0 spiro atoms. The Labute approximate surface area is 61.4 Å². The molecule has 0 saturated heterocycles. The molecule has 56 valence electrons. The molecule has 0 bridgehead atoms. The van der Waals surface area contributed by atoms with Gasteiger partial charge in [-0.3, -0.25) is 10.0 Å². The van der Waals surface area contributed by atoms with Crippen LogP contribution < -0.4 is 0 Å². The molecule has 0 aromatic rings. The Kier molecular flexibility index (Phi) is 1.74. The molecule has 1 atom stereocenters. The van der Waals surface area contributed by atoms with E-state index in [9.17, 15) is 0 Å². The summed E-state index contributed by atoms with van der Waals surface area (Å²) in [4.78, 5) is 4.31. The SMILES string of the molecule is CCC1(C)C=NN(C)C=N1. The highest BCUT2D eigenvalue weighted by atomic mass is 15.5. The smallest absolute Gasteiger partial charge is 0.107 e. The zero-order chi connectivity index (χ0) is 7.61. The van der Waals surface area contributed by atoms with Crippen molar-refractivity contribution in [3.8, 4) is 0 Å². The van der Waals surface area contributed by atoms with Crippen molar-refractivity contribution in [1.82, 2.24) is 5.01 Å². The molecule has 0 saturated carbocycles. The maximum atomic E-state index is 4.31. The van der Waals surface area contributed by atoms with Gasteiger partial charge in [0.1, 0.15) is 6.34 Å². The summed E-state index contributed by atoms with van der Waals surface area (Å²) in [5, 5.41) is 5.82. The van der Waals surface area contributed by atoms with Crippen molar-refractivity contribution < 1.29 is 0 Å². The van der Waals surface area contributed by atoms with E-state index in [4.69, 9.17) is 0 Å². The highest BCUT2D eigenvalue weighted by Crippen LogP contribution is 2.13. The molecule has 0 aromatic heterocycles. The van der Waals surface area contributed by atoms with Crippen molar-refractivity contribution in [1.29, 1.82) is 0 Å². The fourth-order valence-corrected chi connectivity index (χ4v) is 0.677. The summed E-state index contributed by atoms with van der Waals surface area (Å²) in [6.45, 7) is 4.18. The number of rotatable bonds is 1. The van der Waals surface area contributed by atoms with E-state index in [0.717, 1.165) is 6.42 Å². The van der Waals surface area contributed by atoms with Crippen LogP contribution in [0.3, 0.4) is 0 Å². The average molecular weight is 139 g/mol. The highest BCUT2D eigenvalue weighted by Gasteiger charge is 2.19. The Morgan fingerprint density at radius 3 is 2.70 bits per heavy atom. The molecule has 1 aliphatic rings. The molecule has 1 aliphatic heterocycles. The predicted octanol–water partition coefficient (Wildman–Crippen LogP) is 1.11. The van der Waals surface area contributed by atoms with E-state index in [-0.39, 0.29) is 5.54 Å². The minimum Gasteiger partial charge on any atom is -0.262 e. The standard InChI is InChI=1S/C7H13N3/c1-4-7(2)5-9-10(3)6-8-7/h5-6H,4H2,1-3H3.